The van der Waals surface area contributed by atoms with Gasteiger partial charge in [0.1, 0.15) is 17.7 Å². The molecule has 0 saturated heterocycles. The van der Waals surface area contributed by atoms with Gasteiger partial charge in [0.25, 0.3) is 0 Å². The number of nitrogens with zero attached hydrogens (tertiary/aromatic N) is 1. The van der Waals surface area contributed by atoms with Crippen LogP contribution < -0.4 is 5.32 Å². The highest BCUT2D eigenvalue weighted by atomic mass is 16.6. The number of alkyl carbamates (subject to hydrolysis) is 1. The van der Waals surface area contributed by atoms with Gasteiger partial charge in [-0.15, -0.1) is 0 Å². The van der Waals surface area contributed by atoms with Gasteiger partial charge in [-0.25, -0.2) is 4.79 Å². The number of nitrogens with one attached hydrogen (secondary N) is 1. The van der Waals surface area contributed by atoms with Crippen molar-refractivity contribution in [3.8, 4) is 0 Å². The summed E-state index contributed by atoms with van der Waals surface area (Å²) in [5.41, 5.74) is 0.264. The van der Waals surface area contributed by atoms with E-state index in [1.54, 1.807) is 45.0 Å². The number of hydrogen-bond donors (Lipinski definition) is 3. The Hall–Kier alpha value is -2.61. The first-order chi connectivity index (χ1) is 11.6. The number of ether oxygens (including phenoxy) is 1. The Morgan fingerprint density at radius 2 is 1.56 bits per heavy atom. The molecule has 2 unspecified atom stereocenters. The Balaban J connectivity index is 2.13. The summed E-state index contributed by atoms with van der Waals surface area (Å²) in [5, 5.41) is 21.6. The molecule has 0 fully saturated rings. The van der Waals surface area contributed by atoms with E-state index >= 15 is 0 Å². The van der Waals surface area contributed by atoms with Gasteiger partial charge in [0.05, 0.1) is 0 Å². The molecule has 1 aliphatic heterocycles. The maximum absolute atomic E-state index is 11.7. The number of carboxylic acid groups (broad SMARTS) is 2. The van der Waals surface area contributed by atoms with E-state index < -0.39 is 35.7 Å². The van der Waals surface area contributed by atoms with Crippen LogP contribution in [0.15, 0.2) is 24.3 Å². The normalized spacial score (nSPS) is 20.0. The molecule has 1 aromatic carbocycles. The van der Waals surface area contributed by atoms with Crippen molar-refractivity contribution < 1.29 is 29.3 Å². The number of aliphatic carboxylic acids is 2. The van der Waals surface area contributed by atoms with Gasteiger partial charge in [-0.3, -0.25) is 14.5 Å². The minimum atomic E-state index is -1.13. The molecule has 0 spiro atoms. The third-order valence-corrected chi connectivity index (χ3v) is 3.75. The third kappa shape index (κ3) is 4.27. The standard InChI is InChI=1S/C17H22N2O6/c1-17(2,3)25-16(24)18-8-9-19-12(14(20)21)10-6-4-5-7-11(10)13(19)15(22)23/h4-7,12-13H,8-9H2,1-3H3,(H,18,24)(H,20,21)(H,22,23). The number of benzene rings is 1. The van der Waals surface area contributed by atoms with Crippen LogP contribution in [0.5, 0.6) is 0 Å². The zero-order chi connectivity index (χ0) is 18.8. The first-order valence-corrected chi connectivity index (χ1v) is 7.89. The van der Waals surface area contributed by atoms with E-state index in [4.69, 9.17) is 4.74 Å². The van der Waals surface area contributed by atoms with Crippen LogP contribution in [0.2, 0.25) is 0 Å². The van der Waals surface area contributed by atoms with Crippen LogP contribution in [0.3, 0.4) is 0 Å². The molecular weight excluding hydrogens is 328 g/mol. The Labute approximate surface area is 145 Å². The van der Waals surface area contributed by atoms with Crippen molar-refractivity contribution in [2.75, 3.05) is 13.1 Å². The van der Waals surface area contributed by atoms with Gasteiger partial charge in [0, 0.05) is 13.1 Å². The fourth-order valence-electron chi connectivity index (χ4n) is 2.92. The summed E-state index contributed by atoms with van der Waals surface area (Å²) >= 11 is 0. The van der Waals surface area contributed by atoms with E-state index in [1.165, 1.54) is 4.90 Å². The van der Waals surface area contributed by atoms with E-state index in [0.717, 1.165) is 0 Å². The monoisotopic (exact) mass is 350 g/mol. The van der Waals surface area contributed by atoms with Gasteiger partial charge in [0.15, 0.2) is 0 Å². The summed E-state index contributed by atoms with van der Waals surface area (Å²) < 4.78 is 5.11. The van der Waals surface area contributed by atoms with Gasteiger partial charge >= 0.3 is 18.0 Å². The summed E-state index contributed by atoms with van der Waals surface area (Å²) in [5.74, 6) is -2.26. The lowest BCUT2D eigenvalue weighted by Crippen LogP contribution is -2.41. The van der Waals surface area contributed by atoms with Crippen molar-refractivity contribution in [2.45, 2.75) is 38.5 Å². The molecule has 3 N–H and O–H groups in total. The van der Waals surface area contributed by atoms with E-state index in [0.29, 0.717) is 11.1 Å². The molecule has 2 rings (SSSR count). The molecular formula is C17H22N2O6. The molecule has 0 radical (unpaired) electrons. The topological polar surface area (TPSA) is 116 Å². The van der Waals surface area contributed by atoms with Crippen LogP contribution in [0.4, 0.5) is 4.79 Å². The quantitative estimate of drug-likeness (QED) is 0.741. The second kappa shape index (κ2) is 7.10. The van der Waals surface area contributed by atoms with Crippen molar-refractivity contribution in [3.63, 3.8) is 0 Å². The predicted octanol–water partition coefficient (Wildman–Crippen LogP) is 1.78. The van der Waals surface area contributed by atoms with Crippen molar-refractivity contribution in [3.05, 3.63) is 35.4 Å². The summed E-state index contributed by atoms with van der Waals surface area (Å²) in [6.45, 7) is 5.30. The van der Waals surface area contributed by atoms with Crippen LogP contribution in [-0.2, 0) is 14.3 Å². The average Bonchev–Trinajstić information content (AvgIpc) is 2.79. The Morgan fingerprint density at radius 1 is 1.08 bits per heavy atom. The van der Waals surface area contributed by atoms with Crippen LogP contribution in [0.25, 0.3) is 0 Å². The highest BCUT2D eigenvalue weighted by molar-refractivity contribution is 5.84. The third-order valence-electron chi connectivity index (χ3n) is 3.75. The molecule has 1 aliphatic rings. The van der Waals surface area contributed by atoms with Gasteiger partial charge in [-0.05, 0) is 31.9 Å². The van der Waals surface area contributed by atoms with Gasteiger partial charge in [-0.2, -0.15) is 0 Å². The highest BCUT2D eigenvalue weighted by Crippen LogP contribution is 2.41. The SMILES string of the molecule is CC(C)(C)OC(=O)NCCN1C(C(=O)O)c2ccccc2C1C(=O)O. The molecule has 25 heavy (non-hydrogen) atoms. The second-order valence-electron chi connectivity index (χ2n) is 6.78. The number of hydrogen-bond acceptors (Lipinski definition) is 5. The molecule has 1 amide bonds. The minimum absolute atomic E-state index is 0.0574. The van der Waals surface area contributed by atoms with Crippen LogP contribution in [0.1, 0.15) is 44.0 Å². The molecule has 0 aromatic heterocycles. The molecule has 8 nitrogen and oxygen atoms in total. The molecule has 0 saturated carbocycles. The maximum Gasteiger partial charge on any atom is 0.407 e. The van der Waals surface area contributed by atoms with Gasteiger partial charge < -0.3 is 20.3 Å². The highest BCUT2D eigenvalue weighted by Gasteiger charge is 2.45. The first-order valence-electron chi connectivity index (χ1n) is 7.89. The lowest BCUT2D eigenvalue weighted by molar-refractivity contribution is -0.149. The fraction of sp³-hybridized carbons (Fsp3) is 0.471. The number of fused-ring (bicyclic) bond motifs is 1. The van der Waals surface area contributed by atoms with Crippen LogP contribution in [-0.4, -0.2) is 51.8 Å². The first kappa shape index (κ1) is 18.7. The number of carboxylic acids is 2. The molecule has 8 heteroatoms. The predicted molar refractivity (Wildman–Crippen MR) is 88.1 cm³/mol. The smallest absolute Gasteiger partial charge is 0.407 e. The zero-order valence-electron chi connectivity index (χ0n) is 14.4. The summed E-state index contributed by atoms with van der Waals surface area (Å²) in [4.78, 5) is 36.4. The number of amides is 1. The van der Waals surface area contributed by atoms with Crippen molar-refractivity contribution in [2.24, 2.45) is 0 Å². The Morgan fingerprint density at radius 3 is 1.96 bits per heavy atom. The van der Waals surface area contributed by atoms with Gasteiger partial charge in [-0.1, -0.05) is 24.3 Å². The summed E-state index contributed by atoms with van der Waals surface area (Å²) in [6.07, 6.45) is -0.636. The van der Waals surface area contributed by atoms with E-state index in [2.05, 4.69) is 5.32 Å². The molecule has 136 valence electrons. The van der Waals surface area contributed by atoms with Gasteiger partial charge in [0.2, 0.25) is 0 Å². The van der Waals surface area contributed by atoms with Crippen LogP contribution >= 0.6 is 0 Å². The van der Waals surface area contributed by atoms with Crippen molar-refractivity contribution in [1.82, 2.24) is 10.2 Å². The average molecular weight is 350 g/mol. The zero-order valence-corrected chi connectivity index (χ0v) is 14.4. The van der Waals surface area contributed by atoms with Crippen molar-refractivity contribution in [1.29, 1.82) is 0 Å². The van der Waals surface area contributed by atoms with E-state index in [9.17, 15) is 24.6 Å². The molecule has 2 atom stereocenters. The molecule has 0 bridgehead atoms. The largest absolute Gasteiger partial charge is 0.480 e. The lowest BCUT2D eigenvalue weighted by atomic mass is 10.0. The lowest BCUT2D eigenvalue weighted by Gasteiger charge is -2.26. The summed E-state index contributed by atoms with van der Waals surface area (Å²) in [6, 6.07) is 4.44. The van der Waals surface area contributed by atoms with E-state index in [-0.39, 0.29) is 13.1 Å². The Bertz CT molecular complexity index is 641. The fourth-order valence-corrected chi connectivity index (χ4v) is 2.92. The Kier molecular flexibility index (Phi) is 5.32. The second-order valence-corrected chi connectivity index (χ2v) is 6.78. The molecule has 0 aliphatic carbocycles. The molecule has 1 aromatic rings. The summed E-state index contributed by atoms with van der Waals surface area (Å²) in [7, 11) is 0. The number of carbonyl (C=O) groups is 3. The maximum atomic E-state index is 11.7. The number of rotatable bonds is 5. The van der Waals surface area contributed by atoms with Crippen molar-refractivity contribution >= 4 is 18.0 Å². The minimum Gasteiger partial charge on any atom is -0.480 e. The molecule has 1 heterocycles. The number of carbonyl (C=O) groups excluding carboxylic acids is 1. The van der Waals surface area contributed by atoms with Crippen LogP contribution in [0, 0.1) is 0 Å². The van der Waals surface area contributed by atoms with E-state index in [1.807, 2.05) is 0 Å².